The first-order valence-electron chi connectivity index (χ1n) is 6.77. The standard InChI is InChI=1S/C13H19N5O/c14-11-9-18-7-5-16-13(18)12(17-11)15-6-8-19-10-3-1-2-4-10/h5,7,9-10H,1-4,6,8,14H2,(H,15,17). The van der Waals surface area contributed by atoms with E-state index in [9.17, 15) is 0 Å². The number of nitrogen functional groups attached to an aromatic ring is 1. The van der Waals surface area contributed by atoms with Crippen LogP contribution in [-0.4, -0.2) is 33.6 Å². The third-order valence-corrected chi connectivity index (χ3v) is 3.44. The fourth-order valence-corrected chi connectivity index (χ4v) is 2.52. The maximum absolute atomic E-state index is 5.80. The van der Waals surface area contributed by atoms with Crippen LogP contribution in [-0.2, 0) is 4.74 Å². The second kappa shape index (κ2) is 5.44. The van der Waals surface area contributed by atoms with Crippen molar-refractivity contribution in [3.63, 3.8) is 0 Å². The highest BCUT2D eigenvalue weighted by atomic mass is 16.5. The Labute approximate surface area is 112 Å². The van der Waals surface area contributed by atoms with Gasteiger partial charge in [-0.3, -0.25) is 0 Å². The number of aromatic nitrogens is 3. The summed E-state index contributed by atoms with van der Waals surface area (Å²) in [6, 6.07) is 0. The monoisotopic (exact) mass is 261 g/mol. The molecule has 2 heterocycles. The van der Waals surface area contributed by atoms with Crippen molar-refractivity contribution < 1.29 is 4.74 Å². The van der Waals surface area contributed by atoms with E-state index in [0.717, 1.165) is 12.2 Å². The lowest BCUT2D eigenvalue weighted by atomic mass is 10.3. The number of nitrogens with two attached hydrogens (primary N) is 1. The maximum atomic E-state index is 5.80. The van der Waals surface area contributed by atoms with Crippen LogP contribution in [0.4, 0.5) is 11.6 Å². The van der Waals surface area contributed by atoms with E-state index in [0.29, 0.717) is 24.3 Å². The second-order valence-electron chi connectivity index (χ2n) is 4.88. The Hall–Kier alpha value is -1.82. The summed E-state index contributed by atoms with van der Waals surface area (Å²) < 4.78 is 7.66. The largest absolute Gasteiger partial charge is 0.382 e. The van der Waals surface area contributed by atoms with Gasteiger partial charge >= 0.3 is 0 Å². The first-order valence-corrected chi connectivity index (χ1v) is 6.77. The van der Waals surface area contributed by atoms with Crippen LogP contribution in [0.25, 0.3) is 5.65 Å². The summed E-state index contributed by atoms with van der Waals surface area (Å²) in [6.07, 6.45) is 10.8. The topological polar surface area (TPSA) is 77.5 Å². The van der Waals surface area contributed by atoms with Crippen molar-refractivity contribution in [1.82, 2.24) is 14.4 Å². The molecule has 0 radical (unpaired) electrons. The summed E-state index contributed by atoms with van der Waals surface area (Å²) in [4.78, 5) is 8.53. The van der Waals surface area contributed by atoms with Gasteiger partial charge in [0.1, 0.15) is 5.82 Å². The van der Waals surface area contributed by atoms with Gasteiger partial charge in [0.2, 0.25) is 0 Å². The second-order valence-corrected chi connectivity index (χ2v) is 4.88. The van der Waals surface area contributed by atoms with Crippen molar-refractivity contribution in [2.45, 2.75) is 31.8 Å². The molecule has 19 heavy (non-hydrogen) atoms. The molecule has 0 aliphatic heterocycles. The zero-order chi connectivity index (χ0) is 13.1. The molecule has 102 valence electrons. The van der Waals surface area contributed by atoms with Crippen LogP contribution in [0.2, 0.25) is 0 Å². The number of ether oxygens (including phenoxy) is 1. The zero-order valence-corrected chi connectivity index (χ0v) is 10.9. The third kappa shape index (κ3) is 2.78. The molecule has 3 rings (SSSR count). The molecule has 0 amide bonds. The Kier molecular flexibility index (Phi) is 3.50. The van der Waals surface area contributed by atoms with Gasteiger partial charge in [0.15, 0.2) is 11.5 Å². The highest BCUT2D eigenvalue weighted by Crippen LogP contribution is 2.20. The Morgan fingerprint density at radius 2 is 2.26 bits per heavy atom. The molecule has 1 fully saturated rings. The molecule has 0 aromatic carbocycles. The molecule has 0 bridgehead atoms. The summed E-state index contributed by atoms with van der Waals surface area (Å²) in [6.45, 7) is 1.41. The van der Waals surface area contributed by atoms with E-state index in [2.05, 4.69) is 15.3 Å². The minimum atomic E-state index is 0.446. The lowest BCUT2D eigenvalue weighted by molar-refractivity contribution is 0.0659. The van der Waals surface area contributed by atoms with Crippen LogP contribution in [0, 0.1) is 0 Å². The summed E-state index contributed by atoms with van der Waals surface area (Å²) in [7, 11) is 0. The highest BCUT2D eigenvalue weighted by molar-refractivity contribution is 5.64. The number of anilines is 2. The molecule has 1 saturated carbocycles. The minimum Gasteiger partial charge on any atom is -0.382 e. The van der Waals surface area contributed by atoms with Crippen LogP contribution in [0.5, 0.6) is 0 Å². The molecular formula is C13H19N5O. The van der Waals surface area contributed by atoms with E-state index in [-0.39, 0.29) is 0 Å². The SMILES string of the molecule is Nc1cn2ccnc2c(NCCOC2CCCC2)n1. The van der Waals surface area contributed by atoms with Crippen LogP contribution in [0.3, 0.4) is 0 Å². The summed E-state index contributed by atoms with van der Waals surface area (Å²) in [5.41, 5.74) is 6.54. The van der Waals surface area contributed by atoms with Gasteiger partial charge in [0, 0.05) is 18.9 Å². The average molecular weight is 261 g/mol. The summed E-state index contributed by atoms with van der Waals surface area (Å²) in [5, 5.41) is 3.24. The van der Waals surface area contributed by atoms with Crippen molar-refractivity contribution in [2.24, 2.45) is 0 Å². The molecule has 2 aromatic heterocycles. The average Bonchev–Trinajstić information content (AvgIpc) is 3.04. The molecule has 0 spiro atoms. The normalized spacial score (nSPS) is 16.2. The van der Waals surface area contributed by atoms with Crippen molar-refractivity contribution >= 4 is 17.3 Å². The highest BCUT2D eigenvalue weighted by Gasteiger charge is 2.14. The van der Waals surface area contributed by atoms with E-state index < -0.39 is 0 Å². The first-order chi connectivity index (χ1) is 9.33. The number of hydrogen-bond acceptors (Lipinski definition) is 5. The summed E-state index contributed by atoms with van der Waals surface area (Å²) >= 11 is 0. The molecule has 2 aromatic rings. The first kappa shape index (κ1) is 12.2. The van der Waals surface area contributed by atoms with Crippen molar-refractivity contribution in [2.75, 3.05) is 24.2 Å². The Morgan fingerprint density at radius 1 is 1.42 bits per heavy atom. The maximum Gasteiger partial charge on any atom is 0.180 e. The van der Waals surface area contributed by atoms with Crippen LogP contribution in [0.15, 0.2) is 18.6 Å². The molecule has 0 saturated heterocycles. The molecule has 3 N–H and O–H groups in total. The molecular weight excluding hydrogens is 242 g/mol. The van der Waals surface area contributed by atoms with Gasteiger partial charge in [0.25, 0.3) is 0 Å². The molecule has 1 aliphatic rings. The van der Waals surface area contributed by atoms with Crippen molar-refractivity contribution in [1.29, 1.82) is 0 Å². The van der Waals surface area contributed by atoms with Gasteiger partial charge in [0.05, 0.1) is 18.9 Å². The van der Waals surface area contributed by atoms with E-state index in [1.165, 1.54) is 25.7 Å². The molecule has 1 aliphatic carbocycles. The Morgan fingerprint density at radius 3 is 3.11 bits per heavy atom. The van der Waals surface area contributed by atoms with Crippen LogP contribution >= 0.6 is 0 Å². The van der Waals surface area contributed by atoms with E-state index in [4.69, 9.17) is 10.5 Å². The number of nitrogens with zero attached hydrogens (tertiary/aromatic N) is 3. The molecule has 6 nitrogen and oxygen atoms in total. The predicted octanol–water partition coefficient (Wildman–Crippen LogP) is 1.68. The minimum absolute atomic E-state index is 0.446. The number of imidazole rings is 1. The third-order valence-electron chi connectivity index (χ3n) is 3.44. The Bertz CT molecular complexity index is 547. The lowest BCUT2D eigenvalue weighted by Gasteiger charge is -2.12. The Balaban J connectivity index is 1.57. The van der Waals surface area contributed by atoms with Gasteiger partial charge in [-0.25, -0.2) is 9.97 Å². The van der Waals surface area contributed by atoms with Crippen molar-refractivity contribution in [3.05, 3.63) is 18.6 Å². The molecule has 0 unspecified atom stereocenters. The fourth-order valence-electron chi connectivity index (χ4n) is 2.52. The molecule has 6 heteroatoms. The predicted molar refractivity (Wildman–Crippen MR) is 74.1 cm³/mol. The number of rotatable bonds is 5. The smallest absolute Gasteiger partial charge is 0.180 e. The number of nitrogens with one attached hydrogen (secondary N) is 1. The van der Waals surface area contributed by atoms with Gasteiger partial charge in [-0.2, -0.15) is 0 Å². The number of hydrogen-bond donors (Lipinski definition) is 2. The van der Waals surface area contributed by atoms with Gasteiger partial charge in [-0.1, -0.05) is 12.8 Å². The van der Waals surface area contributed by atoms with Gasteiger partial charge in [-0.05, 0) is 12.8 Å². The van der Waals surface area contributed by atoms with E-state index >= 15 is 0 Å². The summed E-state index contributed by atoms with van der Waals surface area (Å²) in [5.74, 6) is 1.18. The molecule has 0 atom stereocenters. The van der Waals surface area contributed by atoms with E-state index in [1.807, 2.05) is 10.6 Å². The quantitative estimate of drug-likeness (QED) is 0.801. The zero-order valence-electron chi connectivity index (χ0n) is 10.9. The van der Waals surface area contributed by atoms with Gasteiger partial charge in [-0.15, -0.1) is 0 Å². The van der Waals surface area contributed by atoms with Crippen molar-refractivity contribution in [3.8, 4) is 0 Å². The number of fused-ring (bicyclic) bond motifs is 1. The lowest BCUT2D eigenvalue weighted by Crippen LogP contribution is -2.16. The van der Waals surface area contributed by atoms with Crippen LogP contribution in [0.1, 0.15) is 25.7 Å². The fraction of sp³-hybridized carbons (Fsp3) is 0.538. The van der Waals surface area contributed by atoms with E-state index in [1.54, 1.807) is 12.4 Å². The van der Waals surface area contributed by atoms with Gasteiger partial charge < -0.3 is 20.2 Å². The van der Waals surface area contributed by atoms with Crippen LogP contribution < -0.4 is 11.1 Å².